The van der Waals surface area contributed by atoms with Crippen LogP contribution in [0.4, 0.5) is 5.69 Å². The van der Waals surface area contributed by atoms with E-state index < -0.39 is 0 Å². The second-order valence-electron chi connectivity index (χ2n) is 6.56. The van der Waals surface area contributed by atoms with E-state index in [0.29, 0.717) is 12.1 Å². The molecule has 1 fully saturated rings. The Labute approximate surface area is 124 Å². The fourth-order valence-corrected chi connectivity index (χ4v) is 3.32. The second-order valence-corrected chi connectivity index (χ2v) is 6.56. The van der Waals surface area contributed by atoms with Crippen LogP contribution < -0.4 is 10.2 Å². The van der Waals surface area contributed by atoms with Crippen LogP contribution in [0.5, 0.6) is 0 Å². The van der Waals surface area contributed by atoms with E-state index in [0.717, 1.165) is 5.92 Å². The predicted molar refractivity (Wildman–Crippen MR) is 88.4 cm³/mol. The average molecular weight is 274 g/mol. The lowest BCUT2D eigenvalue weighted by atomic mass is 9.84. The Bertz CT molecular complexity index is 390. The topological polar surface area (TPSA) is 15.3 Å². The van der Waals surface area contributed by atoms with Gasteiger partial charge in [0.05, 0.1) is 0 Å². The van der Waals surface area contributed by atoms with Crippen molar-refractivity contribution in [2.45, 2.75) is 58.0 Å². The van der Waals surface area contributed by atoms with Crippen LogP contribution in [0.25, 0.3) is 0 Å². The first kappa shape index (κ1) is 15.4. The lowest BCUT2D eigenvalue weighted by Crippen LogP contribution is -2.36. The standard InChI is InChI=1S/C18H30N2/c1-14(16-8-6-5-7-9-16)19-15(2)17-10-12-18(13-11-17)20(3)4/h10-16,19H,5-9H2,1-4H3/t14-,15?/m1/s1. The molecule has 1 N–H and O–H groups in total. The van der Waals surface area contributed by atoms with E-state index in [4.69, 9.17) is 0 Å². The van der Waals surface area contributed by atoms with Crippen LogP contribution in [0.1, 0.15) is 57.6 Å². The Hall–Kier alpha value is -1.02. The summed E-state index contributed by atoms with van der Waals surface area (Å²) in [6.45, 7) is 4.64. The third-order valence-electron chi connectivity index (χ3n) is 4.78. The molecule has 0 amide bonds. The summed E-state index contributed by atoms with van der Waals surface area (Å²) in [6, 6.07) is 9.97. The predicted octanol–water partition coefficient (Wildman–Crippen LogP) is 4.37. The number of hydrogen-bond donors (Lipinski definition) is 1. The summed E-state index contributed by atoms with van der Waals surface area (Å²) in [5.41, 5.74) is 2.65. The van der Waals surface area contributed by atoms with Crippen LogP contribution in [-0.4, -0.2) is 20.1 Å². The summed E-state index contributed by atoms with van der Waals surface area (Å²) in [5, 5.41) is 3.80. The van der Waals surface area contributed by atoms with Gasteiger partial charge >= 0.3 is 0 Å². The number of benzene rings is 1. The van der Waals surface area contributed by atoms with E-state index >= 15 is 0 Å². The molecule has 1 unspecified atom stereocenters. The van der Waals surface area contributed by atoms with Crippen molar-refractivity contribution in [3.8, 4) is 0 Å². The van der Waals surface area contributed by atoms with Gasteiger partial charge in [0.15, 0.2) is 0 Å². The molecular formula is C18H30N2. The van der Waals surface area contributed by atoms with Crippen molar-refractivity contribution in [3.05, 3.63) is 29.8 Å². The molecule has 1 saturated carbocycles. The van der Waals surface area contributed by atoms with Crippen LogP contribution in [0, 0.1) is 5.92 Å². The lowest BCUT2D eigenvalue weighted by Gasteiger charge is -2.31. The van der Waals surface area contributed by atoms with E-state index in [9.17, 15) is 0 Å². The molecule has 1 aromatic carbocycles. The normalized spacial score (nSPS) is 19.6. The highest BCUT2D eigenvalue weighted by Crippen LogP contribution is 2.28. The van der Waals surface area contributed by atoms with Crippen molar-refractivity contribution in [2.75, 3.05) is 19.0 Å². The first-order valence-corrected chi connectivity index (χ1v) is 8.11. The summed E-state index contributed by atoms with van der Waals surface area (Å²) < 4.78 is 0. The summed E-state index contributed by atoms with van der Waals surface area (Å²) in [4.78, 5) is 2.15. The van der Waals surface area contributed by atoms with Gasteiger partial charge in [-0.2, -0.15) is 0 Å². The highest BCUT2D eigenvalue weighted by atomic mass is 15.1. The Kier molecular flexibility index (Phi) is 5.47. The van der Waals surface area contributed by atoms with Crippen molar-refractivity contribution in [1.82, 2.24) is 5.32 Å². The van der Waals surface area contributed by atoms with E-state index in [1.54, 1.807) is 0 Å². The van der Waals surface area contributed by atoms with Crippen LogP contribution in [0.3, 0.4) is 0 Å². The Balaban J connectivity index is 1.91. The van der Waals surface area contributed by atoms with Crippen LogP contribution in [-0.2, 0) is 0 Å². The van der Waals surface area contributed by atoms with Gasteiger partial charge in [0.2, 0.25) is 0 Å². The van der Waals surface area contributed by atoms with Crippen molar-refractivity contribution < 1.29 is 0 Å². The minimum absolute atomic E-state index is 0.433. The molecule has 0 heterocycles. The van der Waals surface area contributed by atoms with Gasteiger partial charge in [-0.1, -0.05) is 31.4 Å². The number of nitrogens with one attached hydrogen (secondary N) is 1. The summed E-state index contributed by atoms with van der Waals surface area (Å²) in [6.07, 6.45) is 7.08. The summed E-state index contributed by atoms with van der Waals surface area (Å²) >= 11 is 0. The lowest BCUT2D eigenvalue weighted by molar-refractivity contribution is 0.268. The van der Waals surface area contributed by atoms with Gasteiger partial charge in [-0.3, -0.25) is 0 Å². The van der Waals surface area contributed by atoms with E-state index in [-0.39, 0.29) is 0 Å². The zero-order valence-corrected chi connectivity index (χ0v) is 13.5. The molecule has 1 aliphatic rings. The minimum atomic E-state index is 0.433. The molecule has 2 atom stereocenters. The molecule has 20 heavy (non-hydrogen) atoms. The average Bonchev–Trinajstić information content (AvgIpc) is 2.48. The first-order chi connectivity index (χ1) is 9.58. The summed E-state index contributed by atoms with van der Waals surface area (Å²) in [7, 11) is 4.17. The minimum Gasteiger partial charge on any atom is -0.378 e. The van der Waals surface area contributed by atoms with Crippen LogP contribution >= 0.6 is 0 Å². The molecule has 1 aliphatic carbocycles. The fraction of sp³-hybridized carbons (Fsp3) is 0.667. The molecule has 0 aromatic heterocycles. The SMILES string of the molecule is CC(N[C@H](C)C1CCCCC1)c1ccc(N(C)C)cc1. The molecule has 0 aliphatic heterocycles. The van der Waals surface area contributed by atoms with E-state index in [1.165, 1.54) is 43.4 Å². The van der Waals surface area contributed by atoms with Crippen molar-refractivity contribution >= 4 is 5.69 Å². The molecule has 0 saturated heterocycles. The molecule has 0 spiro atoms. The molecule has 2 nitrogen and oxygen atoms in total. The number of nitrogens with zero attached hydrogens (tertiary/aromatic N) is 1. The first-order valence-electron chi connectivity index (χ1n) is 8.11. The van der Waals surface area contributed by atoms with Gasteiger partial charge < -0.3 is 10.2 Å². The maximum Gasteiger partial charge on any atom is 0.0361 e. The smallest absolute Gasteiger partial charge is 0.0361 e. The molecular weight excluding hydrogens is 244 g/mol. The molecule has 1 aromatic rings. The largest absolute Gasteiger partial charge is 0.378 e. The van der Waals surface area contributed by atoms with Gasteiger partial charge in [0, 0.05) is 31.9 Å². The molecule has 0 radical (unpaired) electrons. The van der Waals surface area contributed by atoms with Crippen LogP contribution in [0.2, 0.25) is 0 Å². The highest BCUT2D eigenvalue weighted by molar-refractivity contribution is 5.46. The van der Waals surface area contributed by atoms with Crippen LogP contribution in [0.15, 0.2) is 24.3 Å². The van der Waals surface area contributed by atoms with E-state index in [2.05, 4.69) is 62.4 Å². The Morgan fingerprint density at radius 1 is 1.00 bits per heavy atom. The maximum absolute atomic E-state index is 3.80. The summed E-state index contributed by atoms with van der Waals surface area (Å²) in [5.74, 6) is 0.868. The molecule has 2 heteroatoms. The second kappa shape index (κ2) is 7.12. The zero-order chi connectivity index (χ0) is 14.5. The van der Waals surface area contributed by atoms with Gasteiger partial charge in [0.1, 0.15) is 0 Å². The quantitative estimate of drug-likeness (QED) is 0.857. The monoisotopic (exact) mass is 274 g/mol. The van der Waals surface area contributed by atoms with Crippen molar-refractivity contribution in [2.24, 2.45) is 5.92 Å². The Morgan fingerprint density at radius 3 is 2.15 bits per heavy atom. The number of rotatable bonds is 5. The van der Waals surface area contributed by atoms with Gasteiger partial charge in [-0.15, -0.1) is 0 Å². The van der Waals surface area contributed by atoms with Crippen molar-refractivity contribution in [1.29, 1.82) is 0 Å². The maximum atomic E-state index is 3.80. The third kappa shape index (κ3) is 3.99. The fourth-order valence-electron chi connectivity index (χ4n) is 3.32. The van der Waals surface area contributed by atoms with Crippen molar-refractivity contribution in [3.63, 3.8) is 0 Å². The van der Waals surface area contributed by atoms with Gasteiger partial charge in [-0.05, 0) is 50.3 Å². The molecule has 2 rings (SSSR count). The highest BCUT2D eigenvalue weighted by Gasteiger charge is 2.21. The Morgan fingerprint density at radius 2 is 1.60 bits per heavy atom. The third-order valence-corrected chi connectivity index (χ3v) is 4.78. The number of hydrogen-bond acceptors (Lipinski definition) is 2. The number of anilines is 1. The van der Waals surface area contributed by atoms with E-state index in [1.807, 2.05) is 0 Å². The molecule has 0 bridgehead atoms. The van der Waals surface area contributed by atoms with Gasteiger partial charge in [-0.25, -0.2) is 0 Å². The molecule has 112 valence electrons. The van der Waals surface area contributed by atoms with Gasteiger partial charge in [0.25, 0.3) is 0 Å². The zero-order valence-electron chi connectivity index (χ0n) is 13.5.